The van der Waals surface area contributed by atoms with Gasteiger partial charge < -0.3 is 15.5 Å². The zero-order valence-corrected chi connectivity index (χ0v) is 9.43. The van der Waals surface area contributed by atoms with E-state index >= 15 is 0 Å². The van der Waals surface area contributed by atoms with Crippen molar-refractivity contribution in [1.29, 1.82) is 0 Å². The third-order valence-electron chi connectivity index (χ3n) is 2.34. The molecule has 1 saturated carbocycles. The van der Waals surface area contributed by atoms with Crippen molar-refractivity contribution in [1.82, 2.24) is 10.3 Å². The molecule has 1 aliphatic rings. The number of nitrogens with zero attached hydrogens (tertiary/aromatic N) is 1. The Kier molecular flexibility index (Phi) is 3.26. The van der Waals surface area contributed by atoms with Gasteiger partial charge in [0.15, 0.2) is 5.69 Å². The second-order valence-corrected chi connectivity index (χ2v) is 3.95. The molecule has 1 aromatic heterocycles. The van der Waals surface area contributed by atoms with Gasteiger partial charge in [-0.3, -0.25) is 19.7 Å². The second-order valence-electron chi connectivity index (χ2n) is 3.95. The number of anilines is 1. The molecule has 1 aromatic rings. The Labute approximate surface area is 102 Å². The molecule has 18 heavy (non-hydrogen) atoms. The normalized spacial score (nSPS) is 14.0. The number of amides is 3. The van der Waals surface area contributed by atoms with Crippen LogP contribution in [0.5, 0.6) is 0 Å². The topological polar surface area (TPSA) is 127 Å². The van der Waals surface area contributed by atoms with Crippen molar-refractivity contribution in [3.63, 3.8) is 0 Å². The van der Waals surface area contributed by atoms with Crippen molar-refractivity contribution >= 4 is 23.7 Å². The standard InChI is InChI=1S/C10H12N4O4/c11-7(15)3-12-9(17)6-4-18-10(13-6)14-8(16)5-1-2-5/h4-5H,1-3H2,(H2,11,15)(H,12,17)(H,13,14,16). The summed E-state index contributed by atoms with van der Waals surface area (Å²) in [5, 5.41) is 4.71. The predicted octanol–water partition coefficient (Wildman–Crippen LogP) is -0.762. The van der Waals surface area contributed by atoms with Gasteiger partial charge in [-0.2, -0.15) is 4.98 Å². The molecule has 0 bridgehead atoms. The van der Waals surface area contributed by atoms with Crippen LogP contribution in [-0.2, 0) is 9.59 Å². The van der Waals surface area contributed by atoms with Gasteiger partial charge in [0, 0.05) is 5.92 Å². The zero-order valence-electron chi connectivity index (χ0n) is 9.43. The van der Waals surface area contributed by atoms with Crippen molar-refractivity contribution in [2.75, 3.05) is 11.9 Å². The number of hydrogen-bond donors (Lipinski definition) is 3. The fourth-order valence-electron chi connectivity index (χ4n) is 1.25. The number of aromatic nitrogens is 1. The summed E-state index contributed by atoms with van der Waals surface area (Å²) >= 11 is 0. The van der Waals surface area contributed by atoms with Gasteiger partial charge >= 0.3 is 6.01 Å². The highest BCUT2D eigenvalue weighted by Gasteiger charge is 2.30. The molecule has 4 N–H and O–H groups in total. The van der Waals surface area contributed by atoms with Gasteiger partial charge in [0.1, 0.15) is 6.26 Å². The summed E-state index contributed by atoms with van der Waals surface area (Å²) in [6.45, 7) is -0.282. The first-order valence-corrected chi connectivity index (χ1v) is 5.39. The summed E-state index contributed by atoms with van der Waals surface area (Å²) in [7, 11) is 0. The summed E-state index contributed by atoms with van der Waals surface area (Å²) in [6.07, 6.45) is 2.82. The quantitative estimate of drug-likeness (QED) is 0.634. The van der Waals surface area contributed by atoms with Gasteiger partial charge in [-0.1, -0.05) is 0 Å². The van der Waals surface area contributed by atoms with E-state index < -0.39 is 11.8 Å². The third kappa shape index (κ3) is 3.06. The van der Waals surface area contributed by atoms with Crippen LogP contribution in [0.15, 0.2) is 10.7 Å². The maximum Gasteiger partial charge on any atom is 0.302 e. The molecular formula is C10H12N4O4. The number of nitrogens with one attached hydrogen (secondary N) is 2. The molecule has 8 nitrogen and oxygen atoms in total. The molecule has 3 amide bonds. The number of nitrogens with two attached hydrogens (primary N) is 1. The Balaban J connectivity index is 1.90. The molecule has 2 rings (SSSR count). The molecule has 0 saturated heterocycles. The van der Waals surface area contributed by atoms with Crippen LogP contribution >= 0.6 is 0 Å². The largest absolute Gasteiger partial charge is 0.431 e. The van der Waals surface area contributed by atoms with Gasteiger partial charge in [0.05, 0.1) is 6.54 Å². The minimum atomic E-state index is -0.658. The monoisotopic (exact) mass is 252 g/mol. The number of carbonyl (C=O) groups excluding carboxylic acids is 3. The first kappa shape index (κ1) is 12.1. The van der Waals surface area contributed by atoms with Crippen LogP contribution in [0.25, 0.3) is 0 Å². The molecule has 0 atom stereocenters. The van der Waals surface area contributed by atoms with E-state index in [-0.39, 0.29) is 30.1 Å². The lowest BCUT2D eigenvalue weighted by molar-refractivity contribution is -0.118. The highest BCUT2D eigenvalue weighted by Crippen LogP contribution is 2.29. The molecule has 1 heterocycles. The Hall–Kier alpha value is -2.38. The van der Waals surface area contributed by atoms with Crippen molar-refractivity contribution in [2.24, 2.45) is 11.7 Å². The summed E-state index contributed by atoms with van der Waals surface area (Å²) in [6, 6.07) is -0.0314. The number of oxazole rings is 1. The predicted molar refractivity (Wildman–Crippen MR) is 59.4 cm³/mol. The Morgan fingerprint density at radius 3 is 2.78 bits per heavy atom. The minimum Gasteiger partial charge on any atom is -0.431 e. The molecule has 1 aliphatic carbocycles. The van der Waals surface area contributed by atoms with Gasteiger partial charge in [-0.15, -0.1) is 0 Å². The van der Waals surface area contributed by atoms with Gasteiger partial charge in [-0.05, 0) is 12.8 Å². The lowest BCUT2D eigenvalue weighted by Crippen LogP contribution is -2.33. The highest BCUT2D eigenvalue weighted by atomic mass is 16.4. The lowest BCUT2D eigenvalue weighted by Gasteiger charge is -1.98. The van der Waals surface area contributed by atoms with Crippen LogP contribution in [0.3, 0.4) is 0 Å². The Bertz CT molecular complexity index is 492. The summed E-state index contributed by atoms with van der Waals surface area (Å²) < 4.78 is 4.92. The molecule has 0 unspecified atom stereocenters. The van der Waals surface area contributed by atoms with Crippen molar-refractivity contribution in [3.05, 3.63) is 12.0 Å². The van der Waals surface area contributed by atoms with Crippen LogP contribution in [0.2, 0.25) is 0 Å². The van der Waals surface area contributed by atoms with E-state index in [0.29, 0.717) is 0 Å². The number of rotatable bonds is 5. The van der Waals surface area contributed by atoms with Gasteiger partial charge in [0.25, 0.3) is 5.91 Å². The van der Waals surface area contributed by atoms with Crippen LogP contribution in [0.4, 0.5) is 6.01 Å². The second kappa shape index (κ2) is 4.86. The van der Waals surface area contributed by atoms with E-state index in [1.165, 1.54) is 0 Å². The minimum absolute atomic E-state index is 0.0176. The van der Waals surface area contributed by atoms with E-state index in [1.807, 2.05) is 0 Å². The van der Waals surface area contributed by atoms with E-state index in [0.717, 1.165) is 19.1 Å². The Morgan fingerprint density at radius 2 is 2.17 bits per heavy atom. The average molecular weight is 252 g/mol. The summed E-state index contributed by atoms with van der Waals surface area (Å²) in [5.74, 6) is -1.40. The molecule has 0 radical (unpaired) electrons. The molecule has 0 aliphatic heterocycles. The van der Waals surface area contributed by atoms with E-state index in [2.05, 4.69) is 15.6 Å². The van der Waals surface area contributed by atoms with Crippen molar-refractivity contribution in [2.45, 2.75) is 12.8 Å². The van der Waals surface area contributed by atoms with Crippen molar-refractivity contribution < 1.29 is 18.8 Å². The van der Waals surface area contributed by atoms with E-state index in [9.17, 15) is 14.4 Å². The average Bonchev–Trinajstić information content (AvgIpc) is 3.07. The lowest BCUT2D eigenvalue weighted by atomic mass is 10.4. The smallest absolute Gasteiger partial charge is 0.302 e. The van der Waals surface area contributed by atoms with Crippen LogP contribution in [0, 0.1) is 5.92 Å². The first-order valence-electron chi connectivity index (χ1n) is 5.39. The number of hydrogen-bond acceptors (Lipinski definition) is 5. The third-order valence-corrected chi connectivity index (χ3v) is 2.34. The van der Waals surface area contributed by atoms with Crippen LogP contribution in [0.1, 0.15) is 23.3 Å². The molecule has 96 valence electrons. The molecule has 0 aromatic carbocycles. The molecule has 8 heteroatoms. The van der Waals surface area contributed by atoms with E-state index in [4.69, 9.17) is 10.2 Å². The van der Waals surface area contributed by atoms with Crippen LogP contribution < -0.4 is 16.4 Å². The Morgan fingerprint density at radius 1 is 1.44 bits per heavy atom. The molecule has 1 fully saturated rings. The zero-order chi connectivity index (χ0) is 13.1. The van der Waals surface area contributed by atoms with Gasteiger partial charge in [-0.25, -0.2) is 0 Å². The van der Waals surface area contributed by atoms with Crippen molar-refractivity contribution in [3.8, 4) is 0 Å². The molecule has 0 spiro atoms. The summed E-state index contributed by atoms with van der Waals surface area (Å²) in [5.41, 5.74) is 4.85. The molecular weight excluding hydrogens is 240 g/mol. The van der Waals surface area contributed by atoms with E-state index in [1.54, 1.807) is 0 Å². The first-order chi connectivity index (χ1) is 8.56. The van der Waals surface area contributed by atoms with Crippen LogP contribution in [-0.4, -0.2) is 29.3 Å². The summed E-state index contributed by atoms with van der Waals surface area (Å²) in [4.78, 5) is 37.1. The SMILES string of the molecule is NC(=O)CNC(=O)c1coc(NC(=O)C2CC2)n1. The number of primary amides is 1. The maximum absolute atomic E-state index is 11.4. The maximum atomic E-state index is 11.4. The number of carbonyl (C=O) groups is 3. The van der Waals surface area contributed by atoms with Gasteiger partial charge in [0.2, 0.25) is 11.8 Å². The fourth-order valence-corrected chi connectivity index (χ4v) is 1.25. The fraction of sp³-hybridized carbons (Fsp3) is 0.400. The highest BCUT2D eigenvalue weighted by molar-refractivity contribution is 5.96.